The highest BCUT2D eigenvalue weighted by Crippen LogP contribution is 2.22. The number of amides is 2. The van der Waals surface area contributed by atoms with Crippen molar-refractivity contribution in [3.05, 3.63) is 65.5 Å². The standard InChI is InChI=1S/C21H24FN3O2/c22-18-8-3-5-15(11-18)12-20(26)24-19-9-2-1-6-16(19)13-25-10-4-7-17(14-25)21(23)27/h1-3,5-6,8-9,11,17H,4,7,10,12-14H2,(H2,23,27)(H,24,26). The number of para-hydroxylation sites is 1. The molecule has 1 saturated heterocycles. The van der Waals surface area contributed by atoms with Gasteiger partial charge in [-0.05, 0) is 48.7 Å². The molecule has 1 aliphatic rings. The van der Waals surface area contributed by atoms with Crippen molar-refractivity contribution in [2.24, 2.45) is 11.7 Å². The van der Waals surface area contributed by atoms with Crippen LogP contribution in [-0.2, 0) is 22.6 Å². The number of primary amides is 1. The average Bonchev–Trinajstić information content (AvgIpc) is 2.63. The van der Waals surface area contributed by atoms with Crippen LogP contribution in [0.1, 0.15) is 24.0 Å². The number of hydrogen-bond donors (Lipinski definition) is 2. The van der Waals surface area contributed by atoms with E-state index >= 15 is 0 Å². The van der Waals surface area contributed by atoms with Crippen LogP contribution in [0, 0.1) is 11.7 Å². The van der Waals surface area contributed by atoms with Crippen LogP contribution >= 0.6 is 0 Å². The summed E-state index contributed by atoms with van der Waals surface area (Å²) >= 11 is 0. The fourth-order valence-electron chi connectivity index (χ4n) is 3.48. The van der Waals surface area contributed by atoms with E-state index in [1.807, 2.05) is 24.3 Å². The van der Waals surface area contributed by atoms with Gasteiger partial charge in [0.15, 0.2) is 0 Å². The lowest BCUT2D eigenvalue weighted by Crippen LogP contribution is -2.40. The van der Waals surface area contributed by atoms with E-state index in [1.165, 1.54) is 12.1 Å². The summed E-state index contributed by atoms with van der Waals surface area (Å²) in [5.41, 5.74) is 7.80. The van der Waals surface area contributed by atoms with E-state index in [1.54, 1.807) is 12.1 Å². The Balaban J connectivity index is 1.65. The van der Waals surface area contributed by atoms with Gasteiger partial charge in [-0.15, -0.1) is 0 Å². The van der Waals surface area contributed by atoms with Crippen LogP contribution in [0.15, 0.2) is 48.5 Å². The highest BCUT2D eigenvalue weighted by Gasteiger charge is 2.24. The number of rotatable bonds is 6. The molecule has 0 saturated carbocycles. The number of carbonyl (C=O) groups excluding carboxylic acids is 2. The van der Waals surface area contributed by atoms with Crippen LogP contribution in [0.2, 0.25) is 0 Å². The van der Waals surface area contributed by atoms with Gasteiger partial charge in [-0.1, -0.05) is 30.3 Å². The minimum absolute atomic E-state index is 0.111. The molecule has 1 heterocycles. The third-order valence-electron chi connectivity index (χ3n) is 4.85. The summed E-state index contributed by atoms with van der Waals surface area (Å²) in [6.07, 6.45) is 1.87. The fraction of sp³-hybridized carbons (Fsp3) is 0.333. The summed E-state index contributed by atoms with van der Waals surface area (Å²) in [5.74, 6) is -0.915. The van der Waals surface area contributed by atoms with E-state index < -0.39 is 0 Å². The minimum Gasteiger partial charge on any atom is -0.369 e. The molecule has 1 unspecified atom stereocenters. The predicted molar refractivity (Wildman–Crippen MR) is 102 cm³/mol. The van der Waals surface area contributed by atoms with E-state index in [0.717, 1.165) is 30.6 Å². The Labute approximate surface area is 158 Å². The summed E-state index contributed by atoms with van der Waals surface area (Å²) in [5, 5.41) is 2.92. The fourth-order valence-corrected chi connectivity index (χ4v) is 3.48. The van der Waals surface area contributed by atoms with Gasteiger partial charge in [-0.3, -0.25) is 14.5 Å². The maximum absolute atomic E-state index is 13.3. The number of likely N-dealkylation sites (tertiary alicyclic amines) is 1. The highest BCUT2D eigenvalue weighted by atomic mass is 19.1. The monoisotopic (exact) mass is 369 g/mol. The second-order valence-electron chi connectivity index (χ2n) is 6.99. The molecule has 3 N–H and O–H groups in total. The van der Waals surface area contributed by atoms with Crippen LogP contribution in [-0.4, -0.2) is 29.8 Å². The Morgan fingerprint density at radius 2 is 2.00 bits per heavy atom. The molecule has 1 atom stereocenters. The van der Waals surface area contributed by atoms with Gasteiger partial charge in [0.25, 0.3) is 0 Å². The smallest absolute Gasteiger partial charge is 0.228 e. The maximum atomic E-state index is 13.3. The number of anilines is 1. The molecule has 0 aliphatic carbocycles. The first-order valence-corrected chi connectivity index (χ1v) is 9.15. The van der Waals surface area contributed by atoms with Crippen molar-refractivity contribution in [2.45, 2.75) is 25.8 Å². The molecule has 27 heavy (non-hydrogen) atoms. The van der Waals surface area contributed by atoms with Gasteiger partial charge >= 0.3 is 0 Å². The van der Waals surface area contributed by atoms with E-state index in [4.69, 9.17) is 5.73 Å². The Morgan fingerprint density at radius 1 is 1.19 bits per heavy atom. The molecule has 1 fully saturated rings. The second-order valence-corrected chi connectivity index (χ2v) is 6.99. The number of carbonyl (C=O) groups is 2. The molecule has 2 aromatic rings. The lowest BCUT2D eigenvalue weighted by atomic mass is 9.97. The molecule has 0 radical (unpaired) electrons. The molecule has 3 rings (SSSR count). The number of nitrogens with zero attached hydrogens (tertiary/aromatic N) is 1. The molecule has 6 heteroatoms. The van der Waals surface area contributed by atoms with Crippen molar-refractivity contribution in [3.63, 3.8) is 0 Å². The van der Waals surface area contributed by atoms with Crippen molar-refractivity contribution in [1.29, 1.82) is 0 Å². The first-order valence-electron chi connectivity index (χ1n) is 9.15. The van der Waals surface area contributed by atoms with Crippen LogP contribution in [0.4, 0.5) is 10.1 Å². The normalized spacial score (nSPS) is 17.4. The van der Waals surface area contributed by atoms with Crippen LogP contribution in [0.3, 0.4) is 0 Å². The molecule has 142 valence electrons. The summed E-state index contributed by atoms with van der Waals surface area (Å²) in [6.45, 7) is 2.18. The second kappa shape index (κ2) is 8.77. The molecular formula is C21H24FN3O2. The van der Waals surface area contributed by atoms with E-state index in [0.29, 0.717) is 18.7 Å². The topological polar surface area (TPSA) is 75.4 Å². The predicted octanol–water partition coefficient (Wildman–Crippen LogP) is 2.70. The summed E-state index contributed by atoms with van der Waals surface area (Å²) in [7, 11) is 0. The van der Waals surface area contributed by atoms with Gasteiger partial charge in [-0.2, -0.15) is 0 Å². The van der Waals surface area contributed by atoms with Crippen LogP contribution in [0.5, 0.6) is 0 Å². The van der Waals surface area contributed by atoms with E-state index in [9.17, 15) is 14.0 Å². The zero-order valence-electron chi connectivity index (χ0n) is 15.2. The third-order valence-corrected chi connectivity index (χ3v) is 4.85. The zero-order chi connectivity index (χ0) is 19.2. The largest absolute Gasteiger partial charge is 0.369 e. The molecular weight excluding hydrogens is 345 g/mol. The van der Waals surface area contributed by atoms with Gasteiger partial charge < -0.3 is 11.1 Å². The van der Waals surface area contributed by atoms with E-state index in [2.05, 4.69) is 10.2 Å². The number of benzene rings is 2. The minimum atomic E-state index is -0.352. The van der Waals surface area contributed by atoms with Crippen molar-refractivity contribution in [3.8, 4) is 0 Å². The number of nitrogens with two attached hydrogens (primary N) is 1. The van der Waals surface area contributed by atoms with Crippen LogP contribution in [0.25, 0.3) is 0 Å². The summed E-state index contributed by atoms with van der Waals surface area (Å²) in [4.78, 5) is 26.0. The molecule has 0 spiro atoms. The van der Waals surface area contributed by atoms with Gasteiger partial charge in [0.1, 0.15) is 5.82 Å². The SMILES string of the molecule is NC(=O)C1CCCN(Cc2ccccc2NC(=O)Cc2cccc(F)c2)C1. The molecule has 2 aromatic carbocycles. The summed E-state index contributed by atoms with van der Waals surface area (Å²) < 4.78 is 13.3. The Morgan fingerprint density at radius 3 is 2.78 bits per heavy atom. The van der Waals surface area contributed by atoms with Crippen molar-refractivity contribution >= 4 is 17.5 Å². The first kappa shape index (κ1) is 19.0. The zero-order valence-corrected chi connectivity index (χ0v) is 15.2. The summed E-state index contributed by atoms with van der Waals surface area (Å²) in [6, 6.07) is 13.7. The lowest BCUT2D eigenvalue weighted by molar-refractivity contribution is -0.123. The Kier molecular flexibility index (Phi) is 6.19. The number of hydrogen-bond acceptors (Lipinski definition) is 3. The van der Waals surface area contributed by atoms with Crippen molar-refractivity contribution in [1.82, 2.24) is 4.90 Å². The Bertz CT molecular complexity index is 825. The van der Waals surface area contributed by atoms with Gasteiger partial charge in [0.05, 0.1) is 12.3 Å². The quantitative estimate of drug-likeness (QED) is 0.822. The average molecular weight is 369 g/mol. The highest BCUT2D eigenvalue weighted by molar-refractivity contribution is 5.93. The van der Waals surface area contributed by atoms with Crippen LogP contribution < -0.4 is 11.1 Å². The first-order chi connectivity index (χ1) is 13.0. The molecule has 5 nitrogen and oxygen atoms in total. The molecule has 0 bridgehead atoms. The van der Waals surface area contributed by atoms with Gasteiger partial charge in [-0.25, -0.2) is 4.39 Å². The molecule has 2 amide bonds. The van der Waals surface area contributed by atoms with Gasteiger partial charge in [0, 0.05) is 18.8 Å². The lowest BCUT2D eigenvalue weighted by Gasteiger charge is -2.31. The number of piperidine rings is 1. The Hall–Kier alpha value is -2.73. The van der Waals surface area contributed by atoms with Gasteiger partial charge in [0.2, 0.25) is 11.8 Å². The number of halogens is 1. The van der Waals surface area contributed by atoms with E-state index in [-0.39, 0.29) is 30.0 Å². The maximum Gasteiger partial charge on any atom is 0.228 e. The van der Waals surface area contributed by atoms with Crippen molar-refractivity contribution < 1.29 is 14.0 Å². The molecule has 1 aliphatic heterocycles. The molecule has 0 aromatic heterocycles. The third kappa shape index (κ3) is 5.37. The number of nitrogens with one attached hydrogen (secondary N) is 1. The van der Waals surface area contributed by atoms with Crippen molar-refractivity contribution in [2.75, 3.05) is 18.4 Å².